The minimum absolute atomic E-state index is 0. The second-order valence-corrected chi connectivity index (χ2v) is 1.73. The van der Waals surface area contributed by atoms with Crippen LogP contribution in [0.5, 0.6) is 0 Å². The summed E-state index contributed by atoms with van der Waals surface area (Å²) in [4.78, 5) is 9.06. The van der Waals surface area contributed by atoms with Gasteiger partial charge in [0.05, 0.1) is 0 Å². The van der Waals surface area contributed by atoms with Crippen molar-refractivity contribution >= 4 is 10.4 Å². The van der Waals surface area contributed by atoms with Crippen LogP contribution in [0.4, 0.5) is 0 Å². The number of hydrogen-bond acceptors (Lipinski definition) is 5. The smallest absolute Gasteiger partial charge is 0.265 e. The molecule has 0 fully saturated rings. The molecule has 9 heavy (non-hydrogen) atoms. The van der Waals surface area contributed by atoms with E-state index in [9.17, 15) is 8.42 Å². The molecule has 0 unspecified atom stereocenters. The first-order valence-corrected chi connectivity index (χ1v) is 2.60. The Morgan fingerprint density at radius 2 is 1.89 bits per heavy atom. The first-order chi connectivity index (χ1) is 3.42. The summed E-state index contributed by atoms with van der Waals surface area (Å²) in [6.45, 7) is 0. The molecule has 1 radical (unpaired) electrons. The van der Waals surface area contributed by atoms with Crippen molar-refractivity contribution in [3.05, 3.63) is 10.1 Å². The largest absolute Gasteiger partial charge is 0.429 e. The normalized spacial score (nSPS) is 9.44. The van der Waals surface area contributed by atoms with E-state index in [4.69, 9.17) is 14.7 Å². The molecule has 0 aliphatic carbocycles. The molecule has 0 heterocycles. The number of hydrogen-bond donors (Lipinski definition) is 1. The van der Waals surface area contributed by atoms with Crippen LogP contribution in [0, 0.1) is 10.1 Å². The van der Waals surface area contributed by atoms with E-state index in [1.807, 2.05) is 0 Å². The van der Waals surface area contributed by atoms with E-state index >= 15 is 0 Å². The van der Waals surface area contributed by atoms with Crippen LogP contribution in [0.3, 0.4) is 0 Å². The Hall–Kier alpha value is -0.371. The Morgan fingerprint density at radius 3 is 1.89 bits per heavy atom. The summed E-state index contributed by atoms with van der Waals surface area (Å²) in [6, 6.07) is 0. The number of nitrogens with zero attached hydrogens (tertiary/aromatic N) is 1. The van der Waals surface area contributed by atoms with E-state index in [1.54, 1.807) is 0 Å². The molecule has 0 amide bonds. The maximum atomic E-state index is 9.33. The Morgan fingerprint density at radius 1 is 1.56 bits per heavy atom. The molecular formula is HCuNO6S. The second kappa shape index (κ2) is 3.62. The zero-order valence-electron chi connectivity index (χ0n) is 3.65. The van der Waals surface area contributed by atoms with Crippen LogP contribution in [0.1, 0.15) is 0 Å². The third kappa shape index (κ3) is 11.3. The molecule has 0 saturated heterocycles. The van der Waals surface area contributed by atoms with Crippen LogP contribution in [0.2, 0.25) is 0 Å². The maximum Gasteiger partial charge on any atom is 0.429 e. The molecule has 0 bridgehead atoms. The fraction of sp³-hybridized carbons (Fsp3) is 0. The fourth-order valence-corrected chi connectivity index (χ4v) is 0.231. The summed E-state index contributed by atoms with van der Waals surface area (Å²) >= 11 is 0. The average molecular weight is 207 g/mol. The first-order valence-electron chi connectivity index (χ1n) is 1.23. The van der Waals surface area contributed by atoms with Gasteiger partial charge in [-0.2, -0.15) is 12.7 Å². The summed E-state index contributed by atoms with van der Waals surface area (Å²) in [5.41, 5.74) is 0. The standard InChI is InChI=1S/Cu.HNO6S/c;2-1(3)7-8(4,5)6/h;(H,4,5,6). The van der Waals surface area contributed by atoms with E-state index in [0.29, 0.717) is 0 Å². The van der Waals surface area contributed by atoms with E-state index < -0.39 is 15.5 Å². The predicted molar refractivity (Wildman–Crippen MR) is 19.6 cm³/mol. The first kappa shape index (κ1) is 11.4. The van der Waals surface area contributed by atoms with Gasteiger partial charge in [0.1, 0.15) is 0 Å². The van der Waals surface area contributed by atoms with Crippen molar-refractivity contribution in [3.8, 4) is 0 Å². The molecule has 0 atom stereocenters. The van der Waals surface area contributed by atoms with Gasteiger partial charge in [0.2, 0.25) is 0 Å². The van der Waals surface area contributed by atoms with Crippen LogP contribution < -0.4 is 0 Å². The molecule has 0 aromatic carbocycles. The van der Waals surface area contributed by atoms with Crippen molar-refractivity contribution < 1.29 is 39.4 Å². The number of rotatable bonds is 2. The molecule has 0 spiro atoms. The van der Waals surface area contributed by atoms with Crippen molar-refractivity contribution in [2.24, 2.45) is 0 Å². The summed E-state index contributed by atoms with van der Waals surface area (Å²) in [5.74, 6) is 0. The third-order valence-electron chi connectivity index (χ3n) is 0.155. The van der Waals surface area contributed by atoms with Crippen LogP contribution in [-0.2, 0) is 31.8 Å². The molecule has 0 aliphatic heterocycles. The molecule has 0 aromatic rings. The molecular weight excluding hydrogens is 206 g/mol. The Labute approximate surface area is 60.5 Å². The van der Waals surface area contributed by atoms with Crippen molar-refractivity contribution in [2.45, 2.75) is 0 Å². The Balaban J connectivity index is 0. The second-order valence-electron chi connectivity index (χ2n) is 0.726. The zero-order valence-corrected chi connectivity index (χ0v) is 5.40. The third-order valence-corrected chi connectivity index (χ3v) is 0.465. The predicted octanol–water partition coefficient (Wildman–Crippen LogP) is -1.00. The van der Waals surface area contributed by atoms with Crippen LogP contribution >= 0.6 is 0 Å². The Bertz CT molecular complexity index is 179. The molecule has 59 valence electrons. The molecule has 0 aliphatic rings. The van der Waals surface area contributed by atoms with Gasteiger partial charge in [-0.15, -0.1) is 10.1 Å². The van der Waals surface area contributed by atoms with Gasteiger partial charge in [0, 0.05) is 17.1 Å². The minimum atomic E-state index is -4.92. The van der Waals surface area contributed by atoms with Gasteiger partial charge in [0.25, 0.3) is 0 Å². The van der Waals surface area contributed by atoms with Crippen LogP contribution in [0.15, 0.2) is 0 Å². The molecule has 0 rings (SSSR count). The van der Waals surface area contributed by atoms with E-state index in [0.717, 1.165) is 0 Å². The monoisotopic (exact) mass is 206 g/mol. The molecule has 1 N–H and O–H groups in total. The quantitative estimate of drug-likeness (QED) is 0.269. The summed E-state index contributed by atoms with van der Waals surface area (Å²) in [7, 11) is -4.92. The Kier molecular flexibility index (Phi) is 4.59. The van der Waals surface area contributed by atoms with Gasteiger partial charge in [-0.3, -0.25) is 4.55 Å². The molecule has 0 saturated carbocycles. The van der Waals surface area contributed by atoms with Crippen molar-refractivity contribution in [1.29, 1.82) is 0 Å². The topological polar surface area (TPSA) is 107 Å². The van der Waals surface area contributed by atoms with Crippen molar-refractivity contribution in [3.63, 3.8) is 0 Å². The minimum Gasteiger partial charge on any atom is -0.265 e. The fourth-order valence-electron chi connectivity index (χ4n) is 0.0769. The van der Waals surface area contributed by atoms with Crippen LogP contribution in [0.25, 0.3) is 0 Å². The summed E-state index contributed by atoms with van der Waals surface area (Å²) in [6.07, 6.45) is 0. The summed E-state index contributed by atoms with van der Waals surface area (Å²) in [5, 5.41) is 7.43. The van der Waals surface area contributed by atoms with Crippen LogP contribution in [-0.4, -0.2) is 18.1 Å². The molecule has 9 heteroatoms. The summed E-state index contributed by atoms with van der Waals surface area (Å²) < 4.78 is 28.9. The van der Waals surface area contributed by atoms with Gasteiger partial charge in [-0.05, 0) is 0 Å². The van der Waals surface area contributed by atoms with Gasteiger partial charge in [-0.25, -0.2) is 0 Å². The molecule has 0 aromatic heterocycles. The van der Waals surface area contributed by atoms with E-state index in [1.165, 1.54) is 0 Å². The van der Waals surface area contributed by atoms with Crippen molar-refractivity contribution in [1.82, 2.24) is 0 Å². The van der Waals surface area contributed by atoms with Gasteiger partial charge in [-0.1, -0.05) is 0 Å². The van der Waals surface area contributed by atoms with Gasteiger partial charge < -0.3 is 0 Å². The maximum absolute atomic E-state index is 9.33. The van der Waals surface area contributed by atoms with Gasteiger partial charge >= 0.3 is 15.5 Å². The molecule has 7 nitrogen and oxygen atoms in total. The SMILES string of the molecule is O=[N+]([O-])OS(=O)(=O)O.[Cu]. The average Bonchev–Trinajstić information content (AvgIpc) is 1.21. The van der Waals surface area contributed by atoms with Crippen molar-refractivity contribution in [2.75, 3.05) is 0 Å². The van der Waals surface area contributed by atoms with E-state index in [2.05, 4.69) is 4.28 Å². The zero-order chi connectivity index (χ0) is 6.78. The van der Waals surface area contributed by atoms with E-state index in [-0.39, 0.29) is 17.1 Å². The van der Waals surface area contributed by atoms with Gasteiger partial charge in [0.15, 0.2) is 0 Å².